The van der Waals surface area contributed by atoms with Gasteiger partial charge in [0.05, 0.1) is 5.52 Å². The van der Waals surface area contributed by atoms with Crippen molar-refractivity contribution in [3.8, 4) is 11.1 Å². The first kappa shape index (κ1) is 16.9. The van der Waals surface area contributed by atoms with Gasteiger partial charge in [-0.1, -0.05) is 24.8 Å². The Morgan fingerprint density at radius 3 is 2.96 bits per heavy atom. The molecule has 3 aromatic heterocycles. The summed E-state index contributed by atoms with van der Waals surface area (Å²) in [4.78, 5) is 26.5. The van der Waals surface area contributed by atoms with Crippen molar-refractivity contribution in [1.29, 1.82) is 0 Å². The van der Waals surface area contributed by atoms with Gasteiger partial charge in [-0.25, -0.2) is 9.97 Å². The number of carbonyl (C=O) groups is 1. The van der Waals surface area contributed by atoms with E-state index in [0.29, 0.717) is 13.1 Å². The predicted molar refractivity (Wildman–Crippen MR) is 106 cm³/mol. The molecule has 1 aromatic carbocycles. The summed E-state index contributed by atoms with van der Waals surface area (Å²) in [6.45, 7) is 4.72. The highest BCUT2D eigenvalue weighted by Gasteiger charge is 2.13. The van der Waals surface area contributed by atoms with Gasteiger partial charge >= 0.3 is 0 Å². The van der Waals surface area contributed by atoms with E-state index in [1.165, 1.54) is 6.08 Å². The second-order valence-electron chi connectivity index (χ2n) is 6.38. The summed E-state index contributed by atoms with van der Waals surface area (Å²) in [5.41, 5.74) is 3.85. The first-order valence-corrected chi connectivity index (χ1v) is 8.69. The minimum Gasteiger partial charge on any atom is -0.340 e. The minimum atomic E-state index is -0.0972. The number of amides is 1. The van der Waals surface area contributed by atoms with E-state index in [4.69, 9.17) is 0 Å². The number of rotatable bonds is 5. The smallest absolute Gasteiger partial charge is 0.245 e. The van der Waals surface area contributed by atoms with Crippen LogP contribution in [0.15, 0.2) is 67.9 Å². The summed E-state index contributed by atoms with van der Waals surface area (Å²) in [6.07, 6.45) is 8.61. The number of fused-ring (bicyclic) bond motifs is 2. The third-order valence-corrected chi connectivity index (χ3v) is 4.67. The summed E-state index contributed by atoms with van der Waals surface area (Å²) in [6, 6.07) is 10.2. The van der Waals surface area contributed by atoms with Gasteiger partial charge in [0.1, 0.15) is 12.0 Å². The first-order chi connectivity index (χ1) is 13.2. The summed E-state index contributed by atoms with van der Waals surface area (Å²) < 4.78 is 2.05. The lowest BCUT2D eigenvalue weighted by Crippen LogP contribution is -2.28. The Morgan fingerprint density at radius 1 is 1.26 bits per heavy atom. The molecule has 0 fully saturated rings. The van der Waals surface area contributed by atoms with Gasteiger partial charge in [0, 0.05) is 60.6 Å². The number of hydrogen-bond acceptors (Lipinski definition) is 4. The number of aromatic nitrogens is 4. The number of carbonyl (C=O) groups excluding carboxylic acids is 1. The molecule has 0 aliphatic heterocycles. The van der Waals surface area contributed by atoms with E-state index in [1.54, 1.807) is 18.3 Å². The Morgan fingerprint density at radius 2 is 2.11 bits per heavy atom. The number of pyridine rings is 1. The van der Waals surface area contributed by atoms with Crippen LogP contribution in [0.4, 0.5) is 0 Å². The van der Waals surface area contributed by atoms with Crippen molar-refractivity contribution in [2.45, 2.75) is 6.54 Å². The van der Waals surface area contributed by atoms with Crippen LogP contribution in [-0.4, -0.2) is 43.9 Å². The van der Waals surface area contributed by atoms with Crippen LogP contribution in [0.5, 0.6) is 0 Å². The molecule has 0 saturated carbocycles. The largest absolute Gasteiger partial charge is 0.340 e. The Kier molecular flexibility index (Phi) is 4.38. The lowest BCUT2D eigenvalue weighted by atomic mass is 10.1. The molecule has 0 atom stereocenters. The van der Waals surface area contributed by atoms with E-state index in [1.807, 2.05) is 30.6 Å². The third-order valence-electron chi connectivity index (χ3n) is 4.67. The highest BCUT2D eigenvalue weighted by atomic mass is 16.2. The van der Waals surface area contributed by atoms with E-state index in [9.17, 15) is 4.79 Å². The third kappa shape index (κ3) is 3.17. The minimum absolute atomic E-state index is 0.0972. The fourth-order valence-corrected chi connectivity index (χ4v) is 3.17. The molecule has 0 N–H and O–H groups in total. The zero-order valence-corrected chi connectivity index (χ0v) is 15.0. The SMILES string of the molecule is C=CC(=O)N(C)CCn1cc(-c2cnc3ccccc3c2)c2cncnc21. The Labute approximate surface area is 156 Å². The van der Waals surface area contributed by atoms with E-state index in [2.05, 4.69) is 44.4 Å². The van der Waals surface area contributed by atoms with Crippen molar-refractivity contribution in [1.82, 2.24) is 24.4 Å². The van der Waals surface area contributed by atoms with Gasteiger partial charge in [-0.2, -0.15) is 0 Å². The van der Waals surface area contributed by atoms with Crippen molar-refractivity contribution in [3.63, 3.8) is 0 Å². The molecule has 0 spiro atoms. The van der Waals surface area contributed by atoms with Crippen LogP contribution in [0.1, 0.15) is 0 Å². The molecule has 134 valence electrons. The van der Waals surface area contributed by atoms with Gasteiger partial charge < -0.3 is 9.47 Å². The molecule has 6 heteroatoms. The number of para-hydroxylation sites is 1. The van der Waals surface area contributed by atoms with Gasteiger partial charge in [-0.15, -0.1) is 0 Å². The summed E-state index contributed by atoms with van der Waals surface area (Å²) in [5.74, 6) is -0.0972. The second-order valence-corrected chi connectivity index (χ2v) is 6.38. The van der Waals surface area contributed by atoms with Crippen molar-refractivity contribution in [3.05, 3.63) is 67.9 Å². The zero-order chi connectivity index (χ0) is 18.8. The molecule has 4 aromatic rings. The number of nitrogens with zero attached hydrogens (tertiary/aromatic N) is 5. The Balaban J connectivity index is 1.74. The maximum Gasteiger partial charge on any atom is 0.245 e. The van der Waals surface area contributed by atoms with E-state index in [-0.39, 0.29) is 5.91 Å². The van der Waals surface area contributed by atoms with Crippen molar-refractivity contribution >= 4 is 27.8 Å². The molecule has 0 unspecified atom stereocenters. The molecular weight excluding hydrogens is 338 g/mol. The average Bonchev–Trinajstić information content (AvgIpc) is 3.09. The fraction of sp³-hybridized carbons (Fsp3) is 0.143. The molecule has 0 radical (unpaired) electrons. The summed E-state index contributed by atoms with van der Waals surface area (Å²) in [5, 5.41) is 2.05. The van der Waals surface area contributed by atoms with Gasteiger partial charge in [-0.3, -0.25) is 9.78 Å². The summed E-state index contributed by atoms with van der Waals surface area (Å²) in [7, 11) is 1.76. The van der Waals surface area contributed by atoms with Crippen LogP contribution >= 0.6 is 0 Å². The number of likely N-dealkylation sites (N-methyl/N-ethyl adjacent to an activating group) is 1. The maximum absolute atomic E-state index is 11.7. The molecular formula is C21H19N5O. The molecule has 0 aliphatic carbocycles. The van der Waals surface area contributed by atoms with Crippen LogP contribution < -0.4 is 0 Å². The molecule has 27 heavy (non-hydrogen) atoms. The molecule has 0 bridgehead atoms. The normalized spacial score (nSPS) is 11.0. The highest BCUT2D eigenvalue weighted by molar-refractivity contribution is 5.95. The standard InChI is InChI=1S/C21H19N5O/c1-3-20(27)25(2)8-9-26-13-18(17-12-22-14-24-21(17)26)16-10-15-6-4-5-7-19(15)23-11-16/h3-7,10-14H,1,8-9H2,2H3. The second kappa shape index (κ2) is 6.99. The van der Waals surface area contributed by atoms with Crippen LogP contribution in [0, 0.1) is 0 Å². The molecule has 3 heterocycles. The van der Waals surface area contributed by atoms with Crippen molar-refractivity contribution < 1.29 is 4.79 Å². The summed E-state index contributed by atoms with van der Waals surface area (Å²) >= 11 is 0. The van der Waals surface area contributed by atoms with Crippen molar-refractivity contribution in [2.75, 3.05) is 13.6 Å². The van der Waals surface area contributed by atoms with Gasteiger partial charge in [0.15, 0.2) is 0 Å². The average molecular weight is 357 g/mol. The van der Waals surface area contributed by atoms with Crippen LogP contribution in [0.2, 0.25) is 0 Å². The number of benzene rings is 1. The Hall–Kier alpha value is -3.54. The monoisotopic (exact) mass is 357 g/mol. The van der Waals surface area contributed by atoms with Crippen LogP contribution in [-0.2, 0) is 11.3 Å². The lowest BCUT2D eigenvalue weighted by Gasteiger charge is -2.15. The maximum atomic E-state index is 11.7. The van der Waals surface area contributed by atoms with E-state index >= 15 is 0 Å². The molecule has 4 rings (SSSR count). The predicted octanol–water partition coefficient (Wildman–Crippen LogP) is 3.29. The fourth-order valence-electron chi connectivity index (χ4n) is 3.17. The van der Waals surface area contributed by atoms with Gasteiger partial charge in [0.25, 0.3) is 0 Å². The lowest BCUT2D eigenvalue weighted by molar-refractivity contribution is -0.124. The highest BCUT2D eigenvalue weighted by Crippen LogP contribution is 2.30. The molecule has 0 aliphatic rings. The van der Waals surface area contributed by atoms with Crippen LogP contribution in [0.3, 0.4) is 0 Å². The zero-order valence-electron chi connectivity index (χ0n) is 15.0. The molecule has 6 nitrogen and oxygen atoms in total. The Bertz CT molecular complexity index is 1150. The number of hydrogen-bond donors (Lipinski definition) is 0. The van der Waals surface area contributed by atoms with Crippen molar-refractivity contribution in [2.24, 2.45) is 0 Å². The first-order valence-electron chi connectivity index (χ1n) is 8.69. The molecule has 0 saturated heterocycles. The van der Waals surface area contributed by atoms with Gasteiger partial charge in [0.2, 0.25) is 5.91 Å². The van der Waals surface area contributed by atoms with Gasteiger partial charge in [-0.05, 0) is 18.2 Å². The topological polar surface area (TPSA) is 63.9 Å². The quantitative estimate of drug-likeness (QED) is 0.514. The van der Waals surface area contributed by atoms with E-state index in [0.717, 1.165) is 33.1 Å². The van der Waals surface area contributed by atoms with Crippen LogP contribution in [0.25, 0.3) is 33.1 Å². The van der Waals surface area contributed by atoms with E-state index < -0.39 is 0 Å². The molecule has 1 amide bonds.